The lowest BCUT2D eigenvalue weighted by Gasteiger charge is -2.19. The molecule has 0 fully saturated rings. The molecule has 0 bridgehead atoms. The van der Waals surface area contributed by atoms with Crippen molar-refractivity contribution in [2.24, 2.45) is 0 Å². The highest BCUT2D eigenvalue weighted by atomic mass is 79.9. The first-order chi connectivity index (χ1) is 9.04. The second-order valence-electron chi connectivity index (χ2n) is 4.27. The highest BCUT2D eigenvalue weighted by Crippen LogP contribution is 2.30. The lowest BCUT2D eigenvalue weighted by atomic mass is 9.98. The summed E-state index contributed by atoms with van der Waals surface area (Å²) in [6, 6.07) is 3.88. The number of nitrogens with one attached hydrogen (secondary N) is 1. The Hall–Kier alpha value is -1.33. The van der Waals surface area contributed by atoms with E-state index >= 15 is 0 Å². The van der Waals surface area contributed by atoms with Crippen molar-refractivity contribution in [2.75, 3.05) is 7.05 Å². The summed E-state index contributed by atoms with van der Waals surface area (Å²) >= 11 is 3.08. The molecule has 5 heteroatoms. The van der Waals surface area contributed by atoms with Gasteiger partial charge in [0.25, 0.3) is 0 Å². The summed E-state index contributed by atoms with van der Waals surface area (Å²) in [6.45, 7) is 1.89. The Balaban J connectivity index is 2.57. The van der Waals surface area contributed by atoms with Gasteiger partial charge in [0, 0.05) is 18.0 Å². The van der Waals surface area contributed by atoms with Gasteiger partial charge in [-0.3, -0.25) is 4.98 Å². The van der Waals surface area contributed by atoms with E-state index in [0.29, 0.717) is 0 Å². The van der Waals surface area contributed by atoms with Crippen LogP contribution < -0.4 is 5.32 Å². The number of rotatable bonds is 3. The van der Waals surface area contributed by atoms with Crippen LogP contribution in [-0.2, 0) is 0 Å². The largest absolute Gasteiger partial charge is 0.309 e. The molecule has 2 nitrogen and oxygen atoms in total. The van der Waals surface area contributed by atoms with Crippen molar-refractivity contribution < 1.29 is 8.78 Å². The number of benzene rings is 1. The molecule has 1 atom stereocenters. The van der Waals surface area contributed by atoms with Crippen molar-refractivity contribution in [3.63, 3.8) is 0 Å². The second-order valence-corrected chi connectivity index (χ2v) is 5.13. The molecule has 0 saturated heterocycles. The van der Waals surface area contributed by atoms with Crippen LogP contribution in [0, 0.1) is 18.6 Å². The number of pyridine rings is 1. The van der Waals surface area contributed by atoms with Gasteiger partial charge >= 0.3 is 0 Å². The zero-order chi connectivity index (χ0) is 14.0. The number of aromatic nitrogens is 1. The van der Waals surface area contributed by atoms with Crippen LogP contribution in [0.5, 0.6) is 0 Å². The second kappa shape index (κ2) is 5.75. The molecule has 0 spiro atoms. The highest BCUT2D eigenvalue weighted by molar-refractivity contribution is 9.10. The maximum absolute atomic E-state index is 14.1. The summed E-state index contributed by atoms with van der Waals surface area (Å²) in [5.74, 6) is -1.18. The molecule has 2 aromatic rings. The van der Waals surface area contributed by atoms with Gasteiger partial charge in [0.05, 0.1) is 10.5 Å². The zero-order valence-corrected chi connectivity index (χ0v) is 12.1. The summed E-state index contributed by atoms with van der Waals surface area (Å²) in [7, 11) is 1.66. The molecule has 0 aliphatic heterocycles. The Morgan fingerprint density at radius 1 is 1.26 bits per heavy atom. The van der Waals surface area contributed by atoms with E-state index in [1.807, 2.05) is 13.0 Å². The summed E-state index contributed by atoms with van der Waals surface area (Å²) < 4.78 is 28.3. The van der Waals surface area contributed by atoms with Crippen LogP contribution in [-0.4, -0.2) is 12.0 Å². The fourth-order valence-electron chi connectivity index (χ4n) is 2.02. The van der Waals surface area contributed by atoms with Crippen LogP contribution >= 0.6 is 15.9 Å². The van der Waals surface area contributed by atoms with Crippen LogP contribution in [0.2, 0.25) is 0 Å². The molecule has 1 aromatic heterocycles. The molecule has 0 saturated carbocycles. The molecule has 1 aromatic carbocycles. The van der Waals surface area contributed by atoms with Gasteiger partial charge in [-0.05, 0) is 53.2 Å². The van der Waals surface area contributed by atoms with Gasteiger partial charge < -0.3 is 5.32 Å². The minimum atomic E-state index is -0.596. The van der Waals surface area contributed by atoms with Crippen molar-refractivity contribution >= 4 is 15.9 Å². The van der Waals surface area contributed by atoms with Gasteiger partial charge in [-0.2, -0.15) is 0 Å². The van der Waals surface area contributed by atoms with Crippen LogP contribution in [0.25, 0.3) is 0 Å². The van der Waals surface area contributed by atoms with Gasteiger partial charge in [-0.1, -0.05) is 6.07 Å². The summed E-state index contributed by atoms with van der Waals surface area (Å²) in [6.07, 6.45) is 3.30. The molecule has 1 N–H and O–H groups in total. The smallest absolute Gasteiger partial charge is 0.145 e. The van der Waals surface area contributed by atoms with E-state index in [4.69, 9.17) is 0 Å². The molecule has 19 heavy (non-hydrogen) atoms. The van der Waals surface area contributed by atoms with E-state index in [1.54, 1.807) is 19.4 Å². The third-order valence-corrected chi connectivity index (χ3v) is 3.50. The molecular weight excluding hydrogens is 314 g/mol. The van der Waals surface area contributed by atoms with Gasteiger partial charge in [0.2, 0.25) is 0 Å². The lowest BCUT2D eigenvalue weighted by Crippen LogP contribution is -2.21. The predicted molar refractivity (Wildman–Crippen MR) is 73.9 cm³/mol. The normalized spacial score (nSPS) is 12.5. The molecule has 1 heterocycles. The molecule has 0 aliphatic rings. The average molecular weight is 327 g/mol. The SMILES string of the molecule is CNC(c1cncc(C)c1)c1c(F)ccc(Br)c1F. The van der Waals surface area contributed by atoms with E-state index in [2.05, 4.69) is 26.2 Å². The van der Waals surface area contributed by atoms with Gasteiger partial charge in [-0.25, -0.2) is 8.78 Å². The lowest BCUT2D eigenvalue weighted by molar-refractivity contribution is 0.518. The van der Waals surface area contributed by atoms with Gasteiger partial charge in [0.1, 0.15) is 11.6 Å². The van der Waals surface area contributed by atoms with Gasteiger partial charge in [0.15, 0.2) is 0 Å². The van der Waals surface area contributed by atoms with Crippen molar-refractivity contribution in [3.8, 4) is 0 Å². The topological polar surface area (TPSA) is 24.9 Å². The van der Waals surface area contributed by atoms with Gasteiger partial charge in [-0.15, -0.1) is 0 Å². The zero-order valence-electron chi connectivity index (χ0n) is 10.5. The Kier molecular flexibility index (Phi) is 4.27. The predicted octanol–water partition coefficient (Wildman–Crippen LogP) is 3.74. The van der Waals surface area contributed by atoms with Crippen molar-refractivity contribution in [3.05, 3.63) is 63.4 Å². The first-order valence-electron chi connectivity index (χ1n) is 5.76. The van der Waals surface area contributed by atoms with Crippen LogP contribution in [0.3, 0.4) is 0 Å². The Labute approximate surface area is 119 Å². The van der Waals surface area contributed by atoms with E-state index < -0.39 is 17.7 Å². The fourth-order valence-corrected chi connectivity index (χ4v) is 2.37. The van der Waals surface area contributed by atoms with Crippen molar-refractivity contribution in [1.82, 2.24) is 10.3 Å². The monoisotopic (exact) mass is 326 g/mol. The number of halogens is 3. The first-order valence-corrected chi connectivity index (χ1v) is 6.56. The number of hydrogen-bond acceptors (Lipinski definition) is 2. The van der Waals surface area contributed by atoms with Crippen molar-refractivity contribution in [1.29, 1.82) is 0 Å². The van der Waals surface area contributed by atoms with E-state index in [-0.39, 0.29) is 10.0 Å². The van der Waals surface area contributed by atoms with E-state index in [0.717, 1.165) is 11.1 Å². The summed E-state index contributed by atoms with van der Waals surface area (Å²) in [5, 5.41) is 2.93. The third kappa shape index (κ3) is 2.82. The van der Waals surface area contributed by atoms with Crippen molar-refractivity contribution in [2.45, 2.75) is 13.0 Å². The minimum Gasteiger partial charge on any atom is -0.309 e. The van der Waals surface area contributed by atoms with E-state index in [1.165, 1.54) is 12.1 Å². The maximum Gasteiger partial charge on any atom is 0.145 e. The molecule has 0 amide bonds. The Morgan fingerprint density at radius 3 is 2.63 bits per heavy atom. The molecular formula is C14H13BrF2N2. The molecule has 0 radical (unpaired) electrons. The molecule has 100 valence electrons. The number of hydrogen-bond donors (Lipinski definition) is 1. The first kappa shape index (κ1) is 14.1. The average Bonchev–Trinajstić information content (AvgIpc) is 2.39. The number of nitrogens with zero attached hydrogens (tertiary/aromatic N) is 1. The van der Waals surface area contributed by atoms with E-state index in [9.17, 15) is 8.78 Å². The standard InChI is InChI=1S/C14H13BrF2N2/c1-8-5-9(7-19-6-8)14(18-2)12-11(16)4-3-10(15)13(12)17/h3-7,14,18H,1-2H3. The summed E-state index contributed by atoms with van der Waals surface area (Å²) in [4.78, 5) is 4.06. The van der Waals surface area contributed by atoms with Crippen LogP contribution in [0.4, 0.5) is 8.78 Å². The Bertz CT molecular complexity index is 602. The molecule has 2 rings (SSSR count). The fraction of sp³-hybridized carbons (Fsp3) is 0.214. The molecule has 1 unspecified atom stereocenters. The van der Waals surface area contributed by atoms with Crippen LogP contribution in [0.1, 0.15) is 22.7 Å². The summed E-state index contributed by atoms with van der Waals surface area (Å²) in [5.41, 5.74) is 1.65. The number of aryl methyl sites for hydroxylation is 1. The van der Waals surface area contributed by atoms with Crippen LogP contribution in [0.15, 0.2) is 35.1 Å². The molecule has 0 aliphatic carbocycles. The maximum atomic E-state index is 14.1. The Morgan fingerprint density at radius 2 is 2.00 bits per heavy atom. The highest BCUT2D eigenvalue weighted by Gasteiger charge is 2.22. The quantitative estimate of drug-likeness (QED) is 0.869. The minimum absolute atomic E-state index is 0.00993. The third-order valence-electron chi connectivity index (χ3n) is 2.89.